The molecule has 3 heteroatoms. The van der Waals surface area contributed by atoms with Gasteiger partial charge in [0.25, 0.3) is 0 Å². The zero-order valence-corrected chi connectivity index (χ0v) is 11.6. The lowest BCUT2D eigenvalue weighted by atomic mass is 10.0. The van der Waals surface area contributed by atoms with Crippen LogP contribution < -0.4 is 5.32 Å². The van der Waals surface area contributed by atoms with E-state index < -0.39 is 0 Å². The van der Waals surface area contributed by atoms with Crippen LogP contribution in [0.25, 0.3) is 0 Å². The van der Waals surface area contributed by atoms with Crippen molar-refractivity contribution in [3.63, 3.8) is 0 Å². The second-order valence-corrected chi connectivity index (χ2v) is 4.90. The number of aryl methyl sites for hydroxylation is 1. The SMILES string of the molecule is CNC(Cc1ccc(C)cc1)c1ccoc1Br. The molecule has 0 bridgehead atoms. The summed E-state index contributed by atoms with van der Waals surface area (Å²) >= 11 is 3.43. The lowest BCUT2D eigenvalue weighted by Crippen LogP contribution is -2.18. The highest BCUT2D eigenvalue weighted by atomic mass is 79.9. The minimum Gasteiger partial charge on any atom is -0.457 e. The minimum atomic E-state index is 0.269. The highest BCUT2D eigenvalue weighted by molar-refractivity contribution is 9.10. The fourth-order valence-corrected chi connectivity index (χ4v) is 2.40. The summed E-state index contributed by atoms with van der Waals surface area (Å²) in [4.78, 5) is 0. The third-order valence-corrected chi connectivity index (χ3v) is 3.58. The Labute approximate surface area is 110 Å². The molecule has 2 nitrogen and oxygen atoms in total. The van der Waals surface area contributed by atoms with Gasteiger partial charge in [-0.15, -0.1) is 0 Å². The van der Waals surface area contributed by atoms with Gasteiger partial charge in [-0.1, -0.05) is 29.8 Å². The number of halogens is 1. The van der Waals surface area contributed by atoms with Gasteiger partial charge in [-0.25, -0.2) is 0 Å². The fraction of sp³-hybridized carbons (Fsp3) is 0.286. The number of likely N-dealkylation sites (N-methyl/N-ethyl adjacent to an activating group) is 1. The van der Waals surface area contributed by atoms with E-state index in [1.165, 1.54) is 11.1 Å². The zero-order chi connectivity index (χ0) is 12.3. The maximum atomic E-state index is 5.28. The van der Waals surface area contributed by atoms with Crippen LogP contribution in [-0.2, 0) is 6.42 Å². The smallest absolute Gasteiger partial charge is 0.173 e. The van der Waals surface area contributed by atoms with Crippen LogP contribution in [0, 0.1) is 6.92 Å². The van der Waals surface area contributed by atoms with E-state index >= 15 is 0 Å². The lowest BCUT2D eigenvalue weighted by Gasteiger charge is -2.15. The first kappa shape index (κ1) is 12.4. The number of hydrogen-bond donors (Lipinski definition) is 1. The molecular weight excluding hydrogens is 278 g/mol. The van der Waals surface area contributed by atoms with Gasteiger partial charge in [0, 0.05) is 11.6 Å². The van der Waals surface area contributed by atoms with Gasteiger partial charge in [-0.3, -0.25) is 0 Å². The number of nitrogens with one attached hydrogen (secondary N) is 1. The largest absolute Gasteiger partial charge is 0.457 e. The summed E-state index contributed by atoms with van der Waals surface area (Å²) in [7, 11) is 1.97. The molecule has 1 aromatic carbocycles. The highest BCUT2D eigenvalue weighted by Crippen LogP contribution is 2.26. The Bertz CT molecular complexity index is 475. The van der Waals surface area contributed by atoms with Crippen LogP contribution in [0.5, 0.6) is 0 Å². The second-order valence-electron chi connectivity index (χ2n) is 4.18. The van der Waals surface area contributed by atoms with Crippen LogP contribution in [0.15, 0.2) is 45.7 Å². The average molecular weight is 294 g/mol. The van der Waals surface area contributed by atoms with E-state index in [9.17, 15) is 0 Å². The summed E-state index contributed by atoms with van der Waals surface area (Å²) in [6.45, 7) is 2.10. The maximum absolute atomic E-state index is 5.28. The molecule has 0 saturated heterocycles. The predicted octanol–water partition coefficient (Wildman–Crippen LogP) is 3.85. The van der Waals surface area contributed by atoms with E-state index in [2.05, 4.69) is 52.4 Å². The van der Waals surface area contributed by atoms with Crippen molar-refractivity contribution in [2.45, 2.75) is 19.4 Å². The van der Waals surface area contributed by atoms with Crippen LogP contribution in [-0.4, -0.2) is 7.05 Å². The Kier molecular flexibility index (Phi) is 4.02. The number of benzene rings is 1. The van der Waals surface area contributed by atoms with E-state index in [1.54, 1.807) is 6.26 Å². The van der Waals surface area contributed by atoms with Gasteiger partial charge >= 0.3 is 0 Å². The Morgan fingerprint density at radius 3 is 2.47 bits per heavy atom. The molecule has 1 heterocycles. The molecule has 2 rings (SSSR count). The molecule has 0 aliphatic carbocycles. The third-order valence-electron chi connectivity index (χ3n) is 2.93. The van der Waals surface area contributed by atoms with Crippen molar-refractivity contribution in [1.29, 1.82) is 0 Å². The molecule has 1 unspecified atom stereocenters. The number of hydrogen-bond acceptors (Lipinski definition) is 2. The molecule has 1 atom stereocenters. The molecule has 0 aliphatic heterocycles. The summed E-state index contributed by atoms with van der Waals surface area (Å²) in [5, 5.41) is 3.32. The first-order valence-corrected chi connectivity index (χ1v) is 6.45. The first-order valence-electron chi connectivity index (χ1n) is 5.66. The van der Waals surface area contributed by atoms with E-state index in [4.69, 9.17) is 4.42 Å². The van der Waals surface area contributed by atoms with E-state index in [-0.39, 0.29) is 6.04 Å². The lowest BCUT2D eigenvalue weighted by molar-refractivity contribution is 0.518. The molecule has 0 spiro atoms. The van der Waals surface area contributed by atoms with Crippen LogP contribution in [0.1, 0.15) is 22.7 Å². The molecule has 0 amide bonds. The van der Waals surface area contributed by atoms with Crippen molar-refractivity contribution >= 4 is 15.9 Å². The first-order chi connectivity index (χ1) is 8.20. The fourth-order valence-electron chi connectivity index (χ4n) is 1.88. The summed E-state index contributed by atoms with van der Waals surface area (Å²) in [5.41, 5.74) is 3.77. The molecule has 17 heavy (non-hydrogen) atoms. The molecule has 0 radical (unpaired) electrons. The minimum absolute atomic E-state index is 0.269. The van der Waals surface area contributed by atoms with Crippen LogP contribution in [0.4, 0.5) is 0 Å². The van der Waals surface area contributed by atoms with Crippen molar-refractivity contribution in [3.8, 4) is 0 Å². The molecule has 1 aromatic heterocycles. The Balaban J connectivity index is 2.16. The molecule has 0 saturated carbocycles. The van der Waals surface area contributed by atoms with Crippen molar-refractivity contribution in [2.24, 2.45) is 0 Å². The van der Waals surface area contributed by atoms with Crippen LogP contribution in [0.2, 0.25) is 0 Å². The molecule has 1 N–H and O–H groups in total. The van der Waals surface area contributed by atoms with Crippen LogP contribution >= 0.6 is 15.9 Å². The topological polar surface area (TPSA) is 25.2 Å². The van der Waals surface area contributed by atoms with Crippen LogP contribution in [0.3, 0.4) is 0 Å². The zero-order valence-electron chi connectivity index (χ0n) is 10.0. The summed E-state index contributed by atoms with van der Waals surface area (Å²) in [6.07, 6.45) is 2.66. The van der Waals surface area contributed by atoms with Gasteiger partial charge < -0.3 is 9.73 Å². The van der Waals surface area contributed by atoms with Gasteiger partial charge in [-0.2, -0.15) is 0 Å². The highest BCUT2D eigenvalue weighted by Gasteiger charge is 2.15. The van der Waals surface area contributed by atoms with Crippen molar-refractivity contribution in [3.05, 3.63) is 58.0 Å². The molecule has 90 valence electrons. The third kappa shape index (κ3) is 2.99. The summed E-state index contributed by atoms with van der Waals surface area (Å²) in [6, 6.07) is 10.9. The average Bonchev–Trinajstić information content (AvgIpc) is 2.75. The van der Waals surface area contributed by atoms with Gasteiger partial charge in [0.2, 0.25) is 0 Å². The van der Waals surface area contributed by atoms with Crippen molar-refractivity contribution < 1.29 is 4.42 Å². The van der Waals surface area contributed by atoms with Gasteiger partial charge in [0.05, 0.1) is 6.26 Å². The van der Waals surface area contributed by atoms with Crippen molar-refractivity contribution in [1.82, 2.24) is 5.32 Å². The van der Waals surface area contributed by atoms with Gasteiger partial charge in [-0.05, 0) is 48.0 Å². The van der Waals surface area contributed by atoms with E-state index in [0.29, 0.717) is 0 Å². The van der Waals surface area contributed by atoms with E-state index in [1.807, 2.05) is 13.1 Å². The molecule has 0 aliphatic rings. The second kappa shape index (κ2) is 5.52. The van der Waals surface area contributed by atoms with Gasteiger partial charge in [0.15, 0.2) is 4.67 Å². The Morgan fingerprint density at radius 2 is 1.94 bits per heavy atom. The molecule has 2 aromatic rings. The van der Waals surface area contributed by atoms with Gasteiger partial charge in [0.1, 0.15) is 0 Å². The quantitative estimate of drug-likeness (QED) is 0.926. The van der Waals surface area contributed by atoms with E-state index in [0.717, 1.165) is 16.7 Å². The molecular formula is C14H16BrNO. The normalized spacial score (nSPS) is 12.6. The standard InChI is InChI=1S/C14H16BrNO/c1-10-3-5-11(6-4-10)9-13(16-2)12-7-8-17-14(12)15/h3-8,13,16H,9H2,1-2H3. The van der Waals surface area contributed by atoms with Crippen molar-refractivity contribution in [2.75, 3.05) is 7.05 Å². The summed E-state index contributed by atoms with van der Waals surface area (Å²) in [5.74, 6) is 0. The number of furan rings is 1. The monoisotopic (exact) mass is 293 g/mol. The summed E-state index contributed by atoms with van der Waals surface area (Å²) < 4.78 is 6.09. The molecule has 0 fully saturated rings. The maximum Gasteiger partial charge on any atom is 0.173 e. The Hall–Kier alpha value is -1.06. The Morgan fingerprint density at radius 1 is 1.24 bits per heavy atom. The predicted molar refractivity (Wildman–Crippen MR) is 73.1 cm³/mol. The number of rotatable bonds is 4.